The molecule has 0 aliphatic carbocycles. The van der Waals surface area contributed by atoms with Crippen LogP contribution in [0.4, 0.5) is 13.2 Å². The number of pyridine rings is 1. The summed E-state index contributed by atoms with van der Waals surface area (Å²) < 4.78 is 51.9. The van der Waals surface area contributed by atoms with Gasteiger partial charge in [0.1, 0.15) is 12.4 Å². The Labute approximate surface area is 184 Å². The van der Waals surface area contributed by atoms with Crippen LogP contribution in [0.2, 0.25) is 0 Å². The van der Waals surface area contributed by atoms with Gasteiger partial charge in [0, 0.05) is 5.56 Å². The molecule has 7 nitrogen and oxygen atoms in total. The zero-order chi connectivity index (χ0) is 23.1. The number of fused-ring (bicyclic) bond motifs is 2. The Bertz CT molecular complexity index is 1490. The summed E-state index contributed by atoms with van der Waals surface area (Å²) in [7, 11) is 0. The number of carbonyl (C=O) groups excluding carboxylic acids is 1. The third-order valence-corrected chi connectivity index (χ3v) is 5.17. The fraction of sp³-hybridized carbons (Fsp3) is 0.130. The summed E-state index contributed by atoms with van der Waals surface area (Å²) in [5, 5.41) is 4.19. The van der Waals surface area contributed by atoms with Gasteiger partial charge in [-0.15, -0.1) is 0 Å². The van der Waals surface area contributed by atoms with Gasteiger partial charge in [-0.25, -0.2) is 19.2 Å². The second kappa shape index (κ2) is 8.05. The number of aryl methyl sites for hydroxylation is 1. The molecule has 5 aromatic rings. The minimum Gasteiger partial charge on any atom is -0.454 e. The molecule has 3 heterocycles. The van der Waals surface area contributed by atoms with Crippen LogP contribution in [0.5, 0.6) is 0 Å². The standard InChI is InChI=1S/C23H15F3N4O3/c1-12-20-15(10-17(28-21(20)33-29-12)13-6-8-14(24)9-7-13)22(31)32-11-19-27-16-4-2-3-5-18(16)30(19)23(25)26/h2-10,23H,11H2,1H3. The molecular formula is C23H15F3N4O3. The highest BCUT2D eigenvalue weighted by molar-refractivity contribution is 6.04. The molecule has 0 aliphatic heterocycles. The predicted molar refractivity (Wildman–Crippen MR) is 112 cm³/mol. The molecule has 0 unspecified atom stereocenters. The Kier molecular flexibility index (Phi) is 5.04. The molecule has 2 aromatic carbocycles. The Morgan fingerprint density at radius 2 is 1.88 bits per heavy atom. The first-order valence-electron chi connectivity index (χ1n) is 9.86. The second-order valence-electron chi connectivity index (χ2n) is 7.25. The maximum absolute atomic E-state index is 13.7. The second-order valence-corrected chi connectivity index (χ2v) is 7.25. The third kappa shape index (κ3) is 3.69. The van der Waals surface area contributed by atoms with Gasteiger partial charge in [0.15, 0.2) is 5.82 Å². The molecule has 0 N–H and O–H groups in total. The van der Waals surface area contributed by atoms with Gasteiger partial charge in [-0.1, -0.05) is 17.3 Å². The van der Waals surface area contributed by atoms with Crippen LogP contribution in [-0.2, 0) is 11.3 Å². The molecule has 0 fully saturated rings. The van der Waals surface area contributed by atoms with Gasteiger partial charge < -0.3 is 9.26 Å². The number of halogens is 3. The number of imidazole rings is 1. The van der Waals surface area contributed by atoms with E-state index in [1.807, 2.05) is 0 Å². The van der Waals surface area contributed by atoms with E-state index in [4.69, 9.17) is 9.26 Å². The summed E-state index contributed by atoms with van der Waals surface area (Å²) in [5.41, 5.74) is 2.09. The summed E-state index contributed by atoms with van der Waals surface area (Å²) in [5.74, 6) is -1.30. The van der Waals surface area contributed by atoms with Crippen LogP contribution < -0.4 is 0 Å². The zero-order valence-electron chi connectivity index (χ0n) is 17.1. The minimum atomic E-state index is -2.86. The Morgan fingerprint density at radius 1 is 1.12 bits per heavy atom. The van der Waals surface area contributed by atoms with E-state index in [9.17, 15) is 18.0 Å². The molecule has 5 rings (SSSR count). The van der Waals surface area contributed by atoms with E-state index < -0.39 is 24.9 Å². The van der Waals surface area contributed by atoms with Gasteiger partial charge in [-0.3, -0.25) is 4.57 Å². The number of carbonyl (C=O) groups is 1. The van der Waals surface area contributed by atoms with Crippen molar-refractivity contribution in [2.75, 3.05) is 0 Å². The molecule has 0 amide bonds. The number of nitrogens with zero attached hydrogens (tertiary/aromatic N) is 4. The first kappa shape index (κ1) is 20.7. The zero-order valence-corrected chi connectivity index (χ0v) is 17.1. The largest absolute Gasteiger partial charge is 0.454 e. The van der Waals surface area contributed by atoms with E-state index in [-0.39, 0.29) is 22.6 Å². The van der Waals surface area contributed by atoms with Crippen molar-refractivity contribution in [1.82, 2.24) is 19.7 Å². The number of ether oxygens (including phenoxy) is 1. The molecular weight excluding hydrogens is 437 g/mol. The van der Waals surface area contributed by atoms with E-state index in [2.05, 4.69) is 15.1 Å². The monoisotopic (exact) mass is 452 g/mol. The summed E-state index contributed by atoms with van der Waals surface area (Å²) in [6.07, 6.45) is 0. The number of para-hydroxylation sites is 2. The van der Waals surface area contributed by atoms with Crippen molar-refractivity contribution in [1.29, 1.82) is 0 Å². The number of hydrogen-bond acceptors (Lipinski definition) is 6. The van der Waals surface area contributed by atoms with Gasteiger partial charge in [0.2, 0.25) is 0 Å². The molecule has 0 aliphatic rings. The Balaban J connectivity index is 1.51. The fourth-order valence-electron chi connectivity index (χ4n) is 3.65. The SMILES string of the molecule is Cc1noc2nc(-c3ccc(F)cc3)cc(C(=O)OCc3nc4ccccc4n3C(F)F)c12. The molecule has 10 heteroatoms. The molecule has 0 radical (unpaired) electrons. The molecule has 3 aromatic heterocycles. The van der Waals surface area contributed by atoms with Crippen LogP contribution >= 0.6 is 0 Å². The van der Waals surface area contributed by atoms with Crippen LogP contribution in [-0.4, -0.2) is 25.7 Å². The highest BCUT2D eigenvalue weighted by Crippen LogP contribution is 2.29. The van der Waals surface area contributed by atoms with Crippen LogP contribution in [0.25, 0.3) is 33.4 Å². The van der Waals surface area contributed by atoms with Crippen molar-refractivity contribution in [3.05, 3.63) is 77.5 Å². The predicted octanol–water partition coefficient (Wildman–Crippen LogP) is 5.44. The van der Waals surface area contributed by atoms with Gasteiger partial charge in [0.25, 0.3) is 5.71 Å². The van der Waals surface area contributed by atoms with Crippen LogP contribution in [0.15, 0.2) is 59.1 Å². The summed E-state index contributed by atoms with van der Waals surface area (Å²) in [6, 6.07) is 13.4. The Morgan fingerprint density at radius 3 is 2.64 bits per heavy atom. The lowest BCUT2D eigenvalue weighted by atomic mass is 10.1. The van der Waals surface area contributed by atoms with E-state index in [0.717, 1.165) is 4.57 Å². The first-order chi connectivity index (χ1) is 15.9. The van der Waals surface area contributed by atoms with E-state index >= 15 is 0 Å². The molecule has 166 valence electrons. The lowest BCUT2D eigenvalue weighted by Crippen LogP contribution is -2.11. The van der Waals surface area contributed by atoms with E-state index in [1.165, 1.54) is 36.4 Å². The fourth-order valence-corrected chi connectivity index (χ4v) is 3.65. The minimum absolute atomic E-state index is 0.0920. The summed E-state index contributed by atoms with van der Waals surface area (Å²) in [4.78, 5) is 21.5. The van der Waals surface area contributed by atoms with E-state index in [0.29, 0.717) is 27.9 Å². The molecule has 33 heavy (non-hydrogen) atoms. The van der Waals surface area contributed by atoms with Gasteiger partial charge >= 0.3 is 12.5 Å². The normalized spacial score (nSPS) is 11.5. The number of rotatable bonds is 5. The molecule has 0 saturated heterocycles. The Hall–Kier alpha value is -4.21. The maximum Gasteiger partial charge on any atom is 0.339 e. The highest BCUT2D eigenvalue weighted by atomic mass is 19.3. The third-order valence-electron chi connectivity index (χ3n) is 5.17. The number of benzene rings is 2. The number of alkyl halides is 2. The topological polar surface area (TPSA) is 83.0 Å². The maximum atomic E-state index is 13.7. The molecule has 0 saturated carbocycles. The van der Waals surface area contributed by atoms with Crippen molar-refractivity contribution in [3.63, 3.8) is 0 Å². The van der Waals surface area contributed by atoms with Crippen LogP contribution in [0.1, 0.15) is 28.4 Å². The number of aromatic nitrogens is 4. The van der Waals surface area contributed by atoms with Crippen molar-refractivity contribution < 1.29 is 27.2 Å². The van der Waals surface area contributed by atoms with Crippen molar-refractivity contribution in [2.45, 2.75) is 20.1 Å². The summed E-state index contributed by atoms with van der Waals surface area (Å²) in [6.45, 7) is -1.69. The number of esters is 1. The average Bonchev–Trinajstić information content (AvgIpc) is 3.37. The van der Waals surface area contributed by atoms with Gasteiger partial charge in [-0.2, -0.15) is 8.78 Å². The van der Waals surface area contributed by atoms with E-state index in [1.54, 1.807) is 25.1 Å². The number of hydrogen-bond donors (Lipinski definition) is 0. The van der Waals surface area contributed by atoms with Crippen LogP contribution in [0, 0.1) is 12.7 Å². The average molecular weight is 452 g/mol. The molecule has 0 spiro atoms. The lowest BCUT2D eigenvalue weighted by molar-refractivity contribution is 0.0389. The van der Waals surface area contributed by atoms with Crippen molar-refractivity contribution in [2.24, 2.45) is 0 Å². The van der Waals surface area contributed by atoms with Gasteiger partial charge in [0.05, 0.1) is 33.4 Å². The van der Waals surface area contributed by atoms with Gasteiger partial charge in [-0.05, 0) is 49.4 Å². The molecule has 0 atom stereocenters. The quantitative estimate of drug-likeness (QED) is 0.330. The molecule has 0 bridgehead atoms. The highest BCUT2D eigenvalue weighted by Gasteiger charge is 2.23. The summed E-state index contributed by atoms with van der Waals surface area (Å²) >= 11 is 0. The first-order valence-corrected chi connectivity index (χ1v) is 9.86. The smallest absolute Gasteiger partial charge is 0.339 e. The van der Waals surface area contributed by atoms with Crippen LogP contribution in [0.3, 0.4) is 0 Å². The van der Waals surface area contributed by atoms with Crippen molar-refractivity contribution >= 4 is 28.1 Å². The van der Waals surface area contributed by atoms with Crippen molar-refractivity contribution in [3.8, 4) is 11.3 Å². The lowest BCUT2D eigenvalue weighted by Gasteiger charge is -2.10.